The number of benzene rings is 6. The van der Waals surface area contributed by atoms with E-state index in [4.69, 9.17) is 0 Å². The zero-order chi connectivity index (χ0) is 31.8. The molecule has 6 aromatic rings. The molecule has 0 amide bonds. The van der Waals surface area contributed by atoms with Gasteiger partial charge < -0.3 is 4.90 Å². The first-order valence-corrected chi connectivity index (χ1v) is 18.3. The maximum atomic E-state index is 2.64. The van der Waals surface area contributed by atoms with Crippen molar-refractivity contribution in [1.82, 2.24) is 0 Å². The van der Waals surface area contributed by atoms with Crippen molar-refractivity contribution in [3.8, 4) is 22.3 Å². The molecule has 6 aromatic carbocycles. The maximum Gasteiger partial charge on any atom is 0.0468 e. The quantitative estimate of drug-likeness (QED) is 0.190. The summed E-state index contributed by atoms with van der Waals surface area (Å²) >= 11 is 0. The maximum absolute atomic E-state index is 2.64. The topological polar surface area (TPSA) is 3.24 Å². The third-order valence-electron chi connectivity index (χ3n) is 13.6. The molecule has 0 aromatic heterocycles. The molecule has 0 radical (unpaired) electrons. The summed E-state index contributed by atoms with van der Waals surface area (Å²) in [5.74, 6) is 3.37. The lowest BCUT2D eigenvalue weighted by Crippen LogP contribution is -2.55. The van der Waals surface area contributed by atoms with Crippen LogP contribution in [0.2, 0.25) is 0 Å². The van der Waals surface area contributed by atoms with E-state index in [1.807, 2.05) is 0 Å². The van der Waals surface area contributed by atoms with Gasteiger partial charge in [-0.25, -0.2) is 0 Å². The van der Waals surface area contributed by atoms with Crippen LogP contribution in [0.25, 0.3) is 33.0 Å². The van der Waals surface area contributed by atoms with E-state index in [2.05, 4.69) is 146 Å². The van der Waals surface area contributed by atoms with E-state index in [0.717, 1.165) is 23.7 Å². The highest BCUT2D eigenvalue weighted by Gasteiger charge is 2.61. The van der Waals surface area contributed by atoms with E-state index in [9.17, 15) is 0 Å². The van der Waals surface area contributed by atoms with E-state index in [1.165, 1.54) is 93.3 Å². The molecule has 0 aliphatic heterocycles. The van der Waals surface area contributed by atoms with Gasteiger partial charge >= 0.3 is 0 Å². The molecule has 4 bridgehead atoms. The monoisotopic (exact) mass is 619 g/mol. The first-order valence-electron chi connectivity index (χ1n) is 18.3. The van der Waals surface area contributed by atoms with Gasteiger partial charge in [0.1, 0.15) is 0 Å². The Balaban J connectivity index is 1.14. The summed E-state index contributed by atoms with van der Waals surface area (Å²) in [4.78, 5) is 2.55. The van der Waals surface area contributed by atoms with Gasteiger partial charge in [-0.3, -0.25) is 0 Å². The van der Waals surface area contributed by atoms with Gasteiger partial charge in [-0.05, 0) is 147 Å². The zero-order valence-corrected chi connectivity index (χ0v) is 27.9. The molecule has 0 saturated heterocycles. The summed E-state index contributed by atoms with van der Waals surface area (Å²) in [6.45, 7) is 4.79. The molecule has 48 heavy (non-hydrogen) atoms. The van der Waals surface area contributed by atoms with Crippen molar-refractivity contribution in [2.24, 2.45) is 23.7 Å². The van der Waals surface area contributed by atoms with Crippen LogP contribution in [-0.2, 0) is 10.8 Å². The average molecular weight is 620 g/mol. The third-order valence-corrected chi connectivity index (χ3v) is 13.6. The number of rotatable bonds is 3. The van der Waals surface area contributed by atoms with Gasteiger partial charge in [0.25, 0.3) is 0 Å². The molecule has 4 fully saturated rings. The van der Waals surface area contributed by atoms with E-state index in [1.54, 1.807) is 11.1 Å². The number of anilines is 3. The van der Waals surface area contributed by atoms with Crippen LogP contribution in [0.3, 0.4) is 0 Å². The van der Waals surface area contributed by atoms with Crippen LogP contribution in [0.4, 0.5) is 17.1 Å². The Labute approximate surface area is 284 Å². The minimum atomic E-state index is -0.0546. The Morgan fingerprint density at radius 2 is 0.938 bits per heavy atom. The van der Waals surface area contributed by atoms with Gasteiger partial charge in [-0.15, -0.1) is 0 Å². The van der Waals surface area contributed by atoms with Crippen molar-refractivity contribution in [3.05, 3.63) is 150 Å². The summed E-state index contributed by atoms with van der Waals surface area (Å²) in [7, 11) is 0. The average Bonchev–Trinajstić information content (AvgIpc) is 3.53. The number of hydrogen-bond acceptors (Lipinski definition) is 1. The molecular weight excluding hydrogens is 579 g/mol. The lowest BCUT2D eigenvalue weighted by molar-refractivity contribution is -0.0399. The van der Waals surface area contributed by atoms with Gasteiger partial charge in [-0.1, -0.05) is 105 Å². The van der Waals surface area contributed by atoms with Crippen molar-refractivity contribution in [3.63, 3.8) is 0 Å². The highest BCUT2D eigenvalue weighted by Crippen LogP contribution is 2.69. The predicted molar refractivity (Wildman–Crippen MR) is 199 cm³/mol. The molecule has 1 nitrogen and oxygen atoms in total. The van der Waals surface area contributed by atoms with Gasteiger partial charge in [0.05, 0.1) is 0 Å². The standard InChI is InChI=1S/C47H41N/c1-46(2)42-13-7-5-11-38(42)40-19-17-36(27-44(40)46)48(35-16-15-31-9-3-4-10-32(31)26-35)37-18-20-41-39-12-6-8-14-43(39)47(45(41)28-37)33-22-29-21-30(24-33)25-34(47)23-29/h3-20,26-30,33-34H,21-25H2,1-2H3. The van der Waals surface area contributed by atoms with Crippen LogP contribution in [0, 0.1) is 23.7 Å². The number of fused-ring (bicyclic) bond motifs is 7. The fourth-order valence-corrected chi connectivity index (χ4v) is 11.9. The molecule has 1 spiro atoms. The summed E-state index contributed by atoms with van der Waals surface area (Å²) in [6.07, 6.45) is 7.09. The second-order valence-electron chi connectivity index (χ2n) is 16.2. The zero-order valence-electron chi connectivity index (χ0n) is 27.9. The number of hydrogen-bond donors (Lipinski definition) is 0. The van der Waals surface area contributed by atoms with Gasteiger partial charge in [0.15, 0.2) is 0 Å². The molecule has 0 unspecified atom stereocenters. The summed E-state index contributed by atoms with van der Waals surface area (Å²) in [5.41, 5.74) is 15.6. The fraction of sp³-hybridized carbons (Fsp3) is 0.277. The van der Waals surface area contributed by atoms with Crippen molar-refractivity contribution >= 4 is 27.8 Å². The second kappa shape index (κ2) is 9.50. The van der Waals surface area contributed by atoms with Crippen LogP contribution < -0.4 is 4.90 Å². The van der Waals surface area contributed by atoms with Crippen LogP contribution in [0.5, 0.6) is 0 Å². The van der Waals surface area contributed by atoms with E-state index >= 15 is 0 Å². The van der Waals surface area contributed by atoms with Gasteiger partial charge in [0.2, 0.25) is 0 Å². The van der Waals surface area contributed by atoms with Crippen LogP contribution in [0.1, 0.15) is 68.2 Å². The lowest BCUT2D eigenvalue weighted by atomic mass is 9.43. The molecule has 12 rings (SSSR count). The van der Waals surface area contributed by atoms with Crippen molar-refractivity contribution in [2.45, 2.75) is 56.8 Å². The summed E-state index contributed by atoms with van der Waals surface area (Å²) in [6, 6.07) is 49.0. The van der Waals surface area contributed by atoms with E-state index < -0.39 is 0 Å². The Bertz CT molecular complexity index is 2280. The normalized spacial score (nSPS) is 26.4. The Morgan fingerprint density at radius 3 is 1.65 bits per heavy atom. The molecule has 0 atom stereocenters. The first kappa shape index (κ1) is 27.3. The minimum absolute atomic E-state index is 0.0546. The molecule has 6 aliphatic rings. The van der Waals surface area contributed by atoms with Crippen molar-refractivity contribution in [2.75, 3.05) is 4.90 Å². The molecule has 0 heterocycles. The Kier molecular flexibility index (Phi) is 5.41. The fourth-order valence-electron chi connectivity index (χ4n) is 11.9. The summed E-state index contributed by atoms with van der Waals surface area (Å²) < 4.78 is 0. The Morgan fingerprint density at radius 1 is 0.438 bits per heavy atom. The SMILES string of the molecule is CC1(C)c2ccccc2-c2ccc(N(c3ccc4c(c3)C3(c5ccccc5-4)C4CC5CC(C4)CC3C5)c3ccc4ccccc4c3)cc21. The highest BCUT2D eigenvalue weighted by atomic mass is 15.1. The van der Waals surface area contributed by atoms with Crippen molar-refractivity contribution < 1.29 is 0 Å². The lowest BCUT2D eigenvalue weighted by Gasteiger charge is -2.61. The minimum Gasteiger partial charge on any atom is -0.310 e. The Hall–Kier alpha value is -4.62. The van der Waals surface area contributed by atoms with Crippen molar-refractivity contribution in [1.29, 1.82) is 0 Å². The predicted octanol–water partition coefficient (Wildman–Crippen LogP) is 12.3. The first-order chi connectivity index (χ1) is 23.5. The molecular formula is C47H41N. The molecule has 1 heteroatoms. The van der Waals surface area contributed by atoms with Crippen LogP contribution >= 0.6 is 0 Å². The van der Waals surface area contributed by atoms with Gasteiger partial charge in [-0.2, -0.15) is 0 Å². The van der Waals surface area contributed by atoms with E-state index in [0.29, 0.717) is 0 Å². The molecule has 0 N–H and O–H groups in total. The largest absolute Gasteiger partial charge is 0.310 e. The van der Waals surface area contributed by atoms with Crippen LogP contribution in [0.15, 0.2) is 127 Å². The smallest absolute Gasteiger partial charge is 0.0468 e. The van der Waals surface area contributed by atoms with Gasteiger partial charge in [0, 0.05) is 27.9 Å². The second-order valence-corrected chi connectivity index (χ2v) is 16.2. The molecule has 234 valence electrons. The highest BCUT2D eigenvalue weighted by molar-refractivity contribution is 5.92. The number of nitrogens with zero attached hydrogens (tertiary/aromatic N) is 1. The van der Waals surface area contributed by atoms with Crippen LogP contribution in [-0.4, -0.2) is 0 Å². The molecule has 4 saturated carbocycles. The third kappa shape index (κ3) is 3.47. The van der Waals surface area contributed by atoms with E-state index in [-0.39, 0.29) is 10.8 Å². The summed E-state index contributed by atoms with van der Waals surface area (Å²) in [5, 5.41) is 2.56. The molecule has 6 aliphatic carbocycles.